The molecule has 0 unspecified atom stereocenters. The zero-order chi connectivity index (χ0) is 10.8. The summed E-state index contributed by atoms with van der Waals surface area (Å²) in [5.41, 5.74) is 0. The smallest absolute Gasteiger partial charge is 0.0146 e. The van der Waals surface area contributed by atoms with Gasteiger partial charge in [-0.25, -0.2) is 0 Å². The van der Waals surface area contributed by atoms with Crippen LogP contribution in [-0.4, -0.2) is 0 Å². The monoisotopic (exact) mass is 194 g/mol. The average Bonchev–Trinajstić information content (AvgIpc) is 2.08. The predicted octanol–water partition coefficient (Wildman–Crippen LogP) is 4.64. The van der Waals surface area contributed by atoms with Crippen LogP contribution in [0.15, 0.2) is 0 Å². The van der Waals surface area contributed by atoms with Crippen molar-refractivity contribution in [1.29, 1.82) is 0 Å². The van der Waals surface area contributed by atoms with Crippen molar-refractivity contribution in [3.8, 4) is 11.8 Å². The van der Waals surface area contributed by atoms with E-state index in [0.717, 1.165) is 12.3 Å². The molecule has 0 heteroatoms. The van der Waals surface area contributed by atoms with Crippen LogP contribution in [0.25, 0.3) is 0 Å². The van der Waals surface area contributed by atoms with E-state index in [4.69, 9.17) is 0 Å². The van der Waals surface area contributed by atoms with Crippen molar-refractivity contribution in [2.45, 2.75) is 66.2 Å². The molecule has 14 heavy (non-hydrogen) atoms. The topological polar surface area (TPSA) is 0 Å². The minimum Gasteiger partial charge on any atom is -0.103 e. The van der Waals surface area contributed by atoms with Gasteiger partial charge in [0.1, 0.15) is 0 Å². The van der Waals surface area contributed by atoms with Crippen LogP contribution >= 0.6 is 0 Å². The molecule has 0 rings (SSSR count). The molecular formula is C14H26. The van der Waals surface area contributed by atoms with Crippen LogP contribution in [0, 0.1) is 23.7 Å². The fourth-order valence-corrected chi connectivity index (χ4v) is 1.40. The lowest BCUT2D eigenvalue weighted by atomic mass is 10.0. The Morgan fingerprint density at radius 2 is 1.50 bits per heavy atom. The van der Waals surface area contributed by atoms with Crippen LogP contribution in [0.2, 0.25) is 0 Å². The maximum absolute atomic E-state index is 3.23. The van der Waals surface area contributed by atoms with Gasteiger partial charge in [0, 0.05) is 12.3 Å². The van der Waals surface area contributed by atoms with Gasteiger partial charge in [0.15, 0.2) is 0 Å². The number of hydrogen-bond donors (Lipinski definition) is 0. The van der Waals surface area contributed by atoms with Crippen LogP contribution in [0.4, 0.5) is 0 Å². The van der Waals surface area contributed by atoms with Crippen LogP contribution in [0.5, 0.6) is 0 Å². The molecule has 0 nitrogen and oxygen atoms in total. The third-order valence-corrected chi connectivity index (χ3v) is 2.22. The Kier molecular flexibility index (Phi) is 8.84. The quantitative estimate of drug-likeness (QED) is 0.427. The van der Waals surface area contributed by atoms with Crippen molar-refractivity contribution in [2.24, 2.45) is 11.8 Å². The lowest BCUT2D eigenvalue weighted by molar-refractivity contribution is 0.521. The fourth-order valence-electron chi connectivity index (χ4n) is 1.40. The maximum atomic E-state index is 3.23. The zero-order valence-corrected chi connectivity index (χ0v) is 10.4. The molecule has 0 bridgehead atoms. The van der Waals surface area contributed by atoms with Crippen LogP contribution in [0.3, 0.4) is 0 Å². The van der Waals surface area contributed by atoms with Gasteiger partial charge in [-0.3, -0.25) is 0 Å². The van der Waals surface area contributed by atoms with Gasteiger partial charge in [-0.1, -0.05) is 53.4 Å². The SMILES string of the molecule is CC(C)C#CCCCCCCC(C)C. The first-order valence-corrected chi connectivity index (χ1v) is 6.11. The normalized spacial score (nSPS) is 10.4. The first kappa shape index (κ1) is 13.6. The van der Waals surface area contributed by atoms with E-state index >= 15 is 0 Å². The Hall–Kier alpha value is -0.440. The highest BCUT2D eigenvalue weighted by Crippen LogP contribution is 2.10. The molecule has 0 aromatic heterocycles. The summed E-state index contributed by atoms with van der Waals surface area (Å²) >= 11 is 0. The summed E-state index contributed by atoms with van der Waals surface area (Å²) in [5, 5.41) is 0. The van der Waals surface area contributed by atoms with Crippen molar-refractivity contribution in [3.63, 3.8) is 0 Å². The first-order valence-electron chi connectivity index (χ1n) is 6.11. The maximum Gasteiger partial charge on any atom is 0.0146 e. The summed E-state index contributed by atoms with van der Waals surface area (Å²) in [7, 11) is 0. The van der Waals surface area contributed by atoms with E-state index in [1.807, 2.05) is 0 Å². The Bertz CT molecular complexity index is 166. The van der Waals surface area contributed by atoms with Gasteiger partial charge in [0.05, 0.1) is 0 Å². The molecule has 0 saturated heterocycles. The number of unbranched alkanes of at least 4 members (excludes halogenated alkanes) is 4. The highest BCUT2D eigenvalue weighted by molar-refractivity contribution is 5.00. The fraction of sp³-hybridized carbons (Fsp3) is 0.857. The summed E-state index contributed by atoms with van der Waals surface area (Å²) in [6, 6.07) is 0. The van der Waals surface area contributed by atoms with E-state index < -0.39 is 0 Å². The number of hydrogen-bond acceptors (Lipinski definition) is 0. The van der Waals surface area contributed by atoms with Crippen molar-refractivity contribution in [2.75, 3.05) is 0 Å². The molecule has 0 aromatic carbocycles. The molecule has 0 fully saturated rings. The van der Waals surface area contributed by atoms with Gasteiger partial charge >= 0.3 is 0 Å². The van der Waals surface area contributed by atoms with Crippen molar-refractivity contribution in [1.82, 2.24) is 0 Å². The molecule has 0 aliphatic heterocycles. The summed E-state index contributed by atoms with van der Waals surface area (Å²) in [4.78, 5) is 0. The Morgan fingerprint density at radius 1 is 0.857 bits per heavy atom. The number of rotatable bonds is 6. The molecular weight excluding hydrogens is 168 g/mol. The van der Waals surface area contributed by atoms with Crippen LogP contribution in [-0.2, 0) is 0 Å². The highest BCUT2D eigenvalue weighted by atomic mass is 14.0. The van der Waals surface area contributed by atoms with E-state index in [1.165, 1.54) is 32.1 Å². The molecule has 0 atom stereocenters. The molecule has 82 valence electrons. The standard InChI is InChI=1S/C14H26/c1-13(2)11-9-7-5-6-8-10-12-14(3)4/h13-14H,5-9,11H2,1-4H3. The van der Waals surface area contributed by atoms with E-state index in [2.05, 4.69) is 39.5 Å². The van der Waals surface area contributed by atoms with Gasteiger partial charge in [-0.15, -0.1) is 11.8 Å². The van der Waals surface area contributed by atoms with Crippen LogP contribution in [0.1, 0.15) is 66.2 Å². The minimum atomic E-state index is 0.538. The molecule has 0 saturated carbocycles. The van der Waals surface area contributed by atoms with E-state index in [9.17, 15) is 0 Å². The first-order chi connectivity index (χ1) is 6.63. The molecule has 0 radical (unpaired) electrons. The third-order valence-electron chi connectivity index (χ3n) is 2.22. The van der Waals surface area contributed by atoms with E-state index in [0.29, 0.717) is 5.92 Å². The second kappa shape index (κ2) is 9.13. The summed E-state index contributed by atoms with van der Waals surface area (Å²) < 4.78 is 0. The summed E-state index contributed by atoms with van der Waals surface area (Å²) in [6.45, 7) is 8.90. The predicted molar refractivity (Wildman–Crippen MR) is 65.2 cm³/mol. The van der Waals surface area contributed by atoms with Crippen molar-refractivity contribution < 1.29 is 0 Å². The molecule has 0 aliphatic rings. The largest absolute Gasteiger partial charge is 0.103 e. The van der Waals surface area contributed by atoms with Crippen molar-refractivity contribution >= 4 is 0 Å². The molecule has 0 heterocycles. The molecule has 0 N–H and O–H groups in total. The lowest BCUT2D eigenvalue weighted by Gasteiger charge is -2.02. The van der Waals surface area contributed by atoms with Gasteiger partial charge < -0.3 is 0 Å². The Balaban J connectivity index is 3.11. The highest BCUT2D eigenvalue weighted by Gasteiger charge is 1.93. The van der Waals surface area contributed by atoms with Crippen LogP contribution < -0.4 is 0 Å². The average molecular weight is 194 g/mol. The summed E-state index contributed by atoms with van der Waals surface area (Å²) in [5.74, 6) is 7.85. The van der Waals surface area contributed by atoms with Gasteiger partial charge in [-0.2, -0.15) is 0 Å². The zero-order valence-electron chi connectivity index (χ0n) is 10.4. The lowest BCUT2D eigenvalue weighted by Crippen LogP contribution is -1.86. The van der Waals surface area contributed by atoms with Gasteiger partial charge in [-0.05, 0) is 12.3 Å². The third kappa shape index (κ3) is 11.6. The molecule has 0 spiro atoms. The second-order valence-electron chi connectivity index (χ2n) is 4.82. The molecule has 0 aliphatic carbocycles. The van der Waals surface area contributed by atoms with Gasteiger partial charge in [0.2, 0.25) is 0 Å². The second-order valence-corrected chi connectivity index (χ2v) is 4.82. The van der Waals surface area contributed by atoms with Crippen molar-refractivity contribution in [3.05, 3.63) is 0 Å². The summed E-state index contributed by atoms with van der Waals surface area (Å²) in [6.07, 6.45) is 7.92. The molecule has 0 aromatic rings. The Labute approximate surface area is 90.5 Å². The van der Waals surface area contributed by atoms with Gasteiger partial charge in [0.25, 0.3) is 0 Å². The van der Waals surface area contributed by atoms with E-state index in [1.54, 1.807) is 0 Å². The Morgan fingerprint density at radius 3 is 2.07 bits per heavy atom. The minimum absolute atomic E-state index is 0.538. The molecule has 0 amide bonds. The van der Waals surface area contributed by atoms with E-state index in [-0.39, 0.29) is 0 Å².